The maximum atomic E-state index is 12.6. The van der Waals surface area contributed by atoms with Crippen LogP contribution in [0.1, 0.15) is 26.7 Å². The van der Waals surface area contributed by atoms with Crippen molar-refractivity contribution in [1.29, 1.82) is 0 Å². The van der Waals surface area contributed by atoms with Crippen LogP contribution in [0.3, 0.4) is 0 Å². The first-order valence-electron chi connectivity index (χ1n) is 7.51. The predicted molar refractivity (Wildman–Crippen MR) is 94.4 cm³/mol. The molecule has 0 saturated heterocycles. The number of rotatable bonds is 5. The number of hydrogen-bond acceptors (Lipinski definition) is 5. The lowest BCUT2D eigenvalue weighted by atomic mass is 10.2. The minimum absolute atomic E-state index is 0.178. The van der Waals surface area contributed by atoms with E-state index in [-0.39, 0.29) is 5.91 Å². The number of ether oxygens (including phenoxy) is 1. The van der Waals surface area contributed by atoms with Crippen LogP contribution < -0.4 is 5.32 Å². The van der Waals surface area contributed by atoms with Crippen molar-refractivity contribution in [1.82, 2.24) is 4.98 Å². The Kier molecular flexibility index (Phi) is 4.78. The molecule has 3 rings (SSSR count). The lowest BCUT2D eigenvalue weighted by molar-refractivity contribution is 0.102. The van der Waals surface area contributed by atoms with Gasteiger partial charge in [-0.1, -0.05) is 18.2 Å². The van der Waals surface area contributed by atoms with Crippen molar-refractivity contribution in [2.45, 2.75) is 20.5 Å². The normalized spacial score (nSPS) is 10.8. The zero-order valence-corrected chi connectivity index (χ0v) is 14.6. The van der Waals surface area contributed by atoms with E-state index in [0.29, 0.717) is 27.9 Å². The summed E-state index contributed by atoms with van der Waals surface area (Å²) in [5.74, 6) is 1.32. The molecule has 0 aliphatic carbocycles. The molecule has 2 heterocycles. The van der Waals surface area contributed by atoms with E-state index in [1.54, 1.807) is 7.11 Å². The molecule has 0 atom stereocenters. The highest BCUT2D eigenvalue weighted by Crippen LogP contribution is 2.30. The van der Waals surface area contributed by atoms with E-state index in [1.165, 1.54) is 11.3 Å². The Morgan fingerprint density at radius 1 is 1.25 bits per heavy atom. The van der Waals surface area contributed by atoms with Gasteiger partial charge in [-0.25, -0.2) is 4.98 Å². The topological polar surface area (TPSA) is 64.4 Å². The number of thiazole rings is 1. The van der Waals surface area contributed by atoms with Crippen LogP contribution >= 0.6 is 11.3 Å². The minimum Gasteiger partial charge on any atom is -0.459 e. The number of para-hydroxylation sites is 1. The second-order valence-electron chi connectivity index (χ2n) is 5.39. The zero-order chi connectivity index (χ0) is 17.1. The standard InChI is InChI=1S/C18H18N2O3S/c1-11-8-9-15(23-11)18-19-12(2)16(24-18)17(21)20-14-7-5-4-6-13(14)10-22-3/h4-9H,10H2,1-3H3,(H,20,21). The molecule has 1 aromatic carbocycles. The minimum atomic E-state index is -0.178. The monoisotopic (exact) mass is 342 g/mol. The molecule has 1 amide bonds. The Morgan fingerprint density at radius 3 is 2.75 bits per heavy atom. The summed E-state index contributed by atoms with van der Waals surface area (Å²) in [5.41, 5.74) is 2.36. The number of nitrogens with zero attached hydrogens (tertiary/aromatic N) is 1. The van der Waals surface area contributed by atoms with Gasteiger partial charge in [0, 0.05) is 18.4 Å². The fourth-order valence-corrected chi connectivity index (χ4v) is 3.29. The Morgan fingerprint density at radius 2 is 2.04 bits per heavy atom. The van der Waals surface area contributed by atoms with Gasteiger partial charge in [-0.3, -0.25) is 4.79 Å². The number of amides is 1. The highest BCUT2D eigenvalue weighted by atomic mass is 32.1. The molecule has 0 bridgehead atoms. The molecule has 0 saturated carbocycles. The quantitative estimate of drug-likeness (QED) is 0.745. The molecule has 24 heavy (non-hydrogen) atoms. The lowest BCUT2D eigenvalue weighted by Gasteiger charge is -2.09. The number of carbonyl (C=O) groups is 1. The highest BCUT2D eigenvalue weighted by Gasteiger charge is 2.18. The molecule has 5 nitrogen and oxygen atoms in total. The fraction of sp³-hybridized carbons (Fsp3) is 0.222. The second kappa shape index (κ2) is 6.98. The van der Waals surface area contributed by atoms with Gasteiger partial charge in [0.2, 0.25) is 0 Å². The molecular formula is C18H18N2O3S. The van der Waals surface area contributed by atoms with Crippen LogP contribution in [0.2, 0.25) is 0 Å². The average molecular weight is 342 g/mol. The molecule has 0 unspecified atom stereocenters. The maximum absolute atomic E-state index is 12.6. The molecule has 0 aliphatic heterocycles. The van der Waals surface area contributed by atoms with E-state index >= 15 is 0 Å². The van der Waals surface area contributed by atoms with Gasteiger partial charge in [0.1, 0.15) is 10.6 Å². The summed E-state index contributed by atoms with van der Waals surface area (Å²) in [6.45, 7) is 4.14. The number of anilines is 1. The Bertz CT molecular complexity index is 867. The summed E-state index contributed by atoms with van der Waals surface area (Å²) in [6.07, 6.45) is 0. The number of aryl methyl sites for hydroxylation is 2. The first-order valence-corrected chi connectivity index (χ1v) is 8.32. The molecule has 3 aromatic rings. The van der Waals surface area contributed by atoms with Crippen molar-refractivity contribution in [2.24, 2.45) is 0 Å². The van der Waals surface area contributed by atoms with Crippen LogP contribution in [0.15, 0.2) is 40.8 Å². The van der Waals surface area contributed by atoms with Crippen LogP contribution in [0, 0.1) is 13.8 Å². The van der Waals surface area contributed by atoms with Gasteiger partial charge in [0.15, 0.2) is 10.8 Å². The summed E-state index contributed by atoms with van der Waals surface area (Å²) in [5, 5.41) is 3.65. The number of nitrogens with one attached hydrogen (secondary N) is 1. The lowest BCUT2D eigenvalue weighted by Crippen LogP contribution is -2.13. The van der Waals surface area contributed by atoms with Crippen LogP contribution in [-0.4, -0.2) is 18.0 Å². The fourth-order valence-electron chi connectivity index (χ4n) is 2.36. The van der Waals surface area contributed by atoms with Crippen LogP contribution in [0.4, 0.5) is 5.69 Å². The van der Waals surface area contributed by atoms with Crippen LogP contribution in [0.25, 0.3) is 10.8 Å². The summed E-state index contributed by atoms with van der Waals surface area (Å²) < 4.78 is 10.8. The first-order chi connectivity index (χ1) is 11.6. The van der Waals surface area contributed by atoms with Gasteiger partial charge in [0.05, 0.1) is 12.3 Å². The Balaban J connectivity index is 1.85. The van der Waals surface area contributed by atoms with Crippen molar-refractivity contribution < 1.29 is 13.9 Å². The van der Waals surface area contributed by atoms with E-state index in [2.05, 4.69) is 10.3 Å². The third kappa shape index (κ3) is 3.39. The third-order valence-corrected chi connectivity index (χ3v) is 4.69. The van der Waals surface area contributed by atoms with Gasteiger partial charge < -0.3 is 14.5 Å². The van der Waals surface area contributed by atoms with E-state index in [1.807, 2.05) is 50.2 Å². The highest BCUT2D eigenvalue weighted by molar-refractivity contribution is 7.17. The van der Waals surface area contributed by atoms with E-state index < -0.39 is 0 Å². The number of furan rings is 1. The maximum Gasteiger partial charge on any atom is 0.267 e. The molecule has 1 N–H and O–H groups in total. The van der Waals surface area contributed by atoms with Gasteiger partial charge in [-0.15, -0.1) is 11.3 Å². The SMILES string of the molecule is COCc1ccccc1NC(=O)c1sc(-c2ccc(C)o2)nc1C. The van der Waals surface area contributed by atoms with Crippen molar-refractivity contribution >= 4 is 22.9 Å². The second-order valence-corrected chi connectivity index (χ2v) is 6.39. The molecule has 6 heteroatoms. The first kappa shape index (κ1) is 16.4. The van der Waals surface area contributed by atoms with E-state index in [9.17, 15) is 4.79 Å². The van der Waals surface area contributed by atoms with Crippen molar-refractivity contribution in [2.75, 3.05) is 12.4 Å². The van der Waals surface area contributed by atoms with Crippen LogP contribution in [-0.2, 0) is 11.3 Å². The van der Waals surface area contributed by atoms with Gasteiger partial charge in [-0.2, -0.15) is 0 Å². The Labute approximate surface area is 144 Å². The average Bonchev–Trinajstić information content (AvgIpc) is 3.15. The molecule has 0 spiro atoms. The number of methoxy groups -OCH3 is 1. The summed E-state index contributed by atoms with van der Waals surface area (Å²) in [7, 11) is 1.63. The summed E-state index contributed by atoms with van der Waals surface area (Å²) >= 11 is 1.32. The van der Waals surface area contributed by atoms with Gasteiger partial charge >= 0.3 is 0 Å². The van der Waals surface area contributed by atoms with Crippen molar-refractivity contribution in [3.63, 3.8) is 0 Å². The number of aromatic nitrogens is 1. The molecule has 0 aliphatic rings. The number of benzene rings is 1. The van der Waals surface area contributed by atoms with Crippen molar-refractivity contribution in [3.05, 3.63) is 58.3 Å². The number of carbonyl (C=O) groups excluding carboxylic acids is 1. The zero-order valence-electron chi connectivity index (χ0n) is 13.8. The smallest absolute Gasteiger partial charge is 0.267 e. The summed E-state index contributed by atoms with van der Waals surface area (Å²) in [6, 6.07) is 11.3. The van der Waals surface area contributed by atoms with Gasteiger partial charge in [0.25, 0.3) is 5.91 Å². The molecule has 0 radical (unpaired) electrons. The van der Waals surface area contributed by atoms with Crippen LogP contribution in [0.5, 0.6) is 0 Å². The van der Waals surface area contributed by atoms with E-state index in [0.717, 1.165) is 17.0 Å². The van der Waals surface area contributed by atoms with Gasteiger partial charge in [-0.05, 0) is 32.0 Å². The molecule has 0 fully saturated rings. The summed E-state index contributed by atoms with van der Waals surface area (Å²) in [4.78, 5) is 17.7. The molecular weight excluding hydrogens is 324 g/mol. The predicted octanol–water partition coefficient (Wildman–Crippen LogP) is 4.42. The molecule has 124 valence electrons. The van der Waals surface area contributed by atoms with E-state index in [4.69, 9.17) is 9.15 Å². The third-order valence-electron chi connectivity index (χ3n) is 3.52. The molecule has 2 aromatic heterocycles. The largest absolute Gasteiger partial charge is 0.459 e. The van der Waals surface area contributed by atoms with Crippen molar-refractivity contribution in [3.8, 4) is 10.8 Å². The number of hydrogen-bond donors (Lipinski definition) is 1. The Hall–Kier alpha value is -2.44.